The van der Waals surface area contributed by atoms with Crippen LogP contribution in [0.4, 0.5) is 0 Å². The average molecular weight is 323 g/mol. The second-order valence-corrected chi connectivity index (χ2v) is 7.65. The number of hydrogen-bond acceptors (Lipinski definition) is 5. The lowest BCUT2D eigenvalue weighted by Gasteiger charge is -2.19. The predicted molar refractivity (Wildman–Crippen MR) is 74.9 cm³/mol. The molecule has 0 fully saturated rings. The molecule has 0 amide bonds. The molecule has 0 aliphatic carbocycles. The number of ether oxygens (including phenoxy) is 1. The van der Waals surface area contributed by atoms with Crippen LogP contribution in [0.1, 0.15) is 12.0 Å². The van der Waals surface area contributed by atoms with Gasteiger partial charge in [0.15, 0.2) is 0 Å². The first-order valence-electron chi connectivity index (χ1n) is 5.55. The van der Waals surface area contributed by atoms with Gasteiger partial charge < -0.3 is 4.74 Å². The normalized spacial score (nSPS) is 11.7. The summed E-state index contributed by atoms with van der Waals surface area (Å²) in [7, 11) is -2.11. The molecule has 0 unspecified atom stereocenters. The molecular formula is C11H15ClN2O3S2. The van der Waals surface area contributed by atoms with Gasteiger partial charge >= 0.3 is 0 Å². The van der Waals surface area contributed by atoms with E-state index >= 15 is 0 Å². The maximum atomic E-state index is 12.4. The SMILES string of the molecule is COCCN(CCC#N)S(=O)(=O)c1cc(C)c(Cl)s1. The Kier molecular flexibility index (Phi) is 6.23. The van der Waals surface area contributed by atoms with Gasteiger partial charge in [0.05, 0.1) is 17.0 Å². The molecule has 0 aliphatic heterocycles. The molecule has 0 atom stereocenters. The Morgan fingerprint density at radius 1 is 1.53 bits per heavy atom. The summed E-state index contributed by atoms with van der Waals surface area (Å²) >= 11 is 6.94. The Labute approximate surface area is 122 Å². The molecule has 0 bridgehead atoms. The maximum absolute atomic E-state index is 12.4. The molecule has 1 aromatic heterocycles. The van der Waals surface area contributed by atoms with E-state index in [2.05, 4.69) is 0 Å². The number of methoxy groups -OCH3 is 1. The molecule has 1 rings (SSSR count). The second kappa shape index (κ2) is 7.22. The van der Waals surface area contributed by atoms with Crippen molar-refractivity contribution in [3.63, 3.8) is 0 Å². The average Bonchev–Trinajstić information content (AvgIpc) is 2.70. The van der Waals surface area contributed by atoms with Crippen LogP contribution in [-0.4, -0.2) is 39.5 Å². The van der Waals surface area contributed by atoms with Crippen molar-refractivity contribution in [1.82, 2.24) is 4.31 Å². The van der Waals surface area contributed by atoms with E-state index in [-0.39, 0.29) is 30.3 Å². The quantitative estimate of drug-likeness (QED) is 0.772. The van der Waals surface area contributed by atoms with Crippen molar-refractivity contribution in [1.29, 1.82) is 5.26 Å². The van der Waals surface area contributed by atoms with E-state index in [1.54, 1.807) is 13.0 Å². The zero-order valence-electron chi connectivity index (χ0n) is 10.7. The summed E-state index contributed by atoms with van der Waals surface area (Å²) in [6, 6.07) is 3.50. The molecule has 0 aliphatic rings. The lowest BCUT2D eigenvalue weighted by molar-refractivity contribution is 0.179. The van der Waals surface area contributed by atoms with Gasteiger partial charge in [0, 0.05) is 26.6 Å². The fourth-order valence-electron chi connectivity index (χ4n) is 1.41. The summed E-state index contributed by atoms with van der Waals surface area (Å²) in [6.45, 7) is 2.40. The van der Waals surface area contributed by atoms with Gasteiger partial charge in [-0.05, 0) is 18.6 Å². The third-order valence-corrected chi connectivity index (χ3v) is 6.35. The number of nitriles is 1. The molecule has 0 saturated carbocycles. The molecule has 0 aromatic carbocycles. The summed E-state index contributed by atoms with van der Waals surface area (Å²) in [5.41, 5.74) is 0.734. The summed E-state index contributed by atoms with van der Waals surface area (Å²) in [5, 5.41) is 8.60. The zero-order chi connectivity index (χ0) is 14.5. The first-order chi connectivity index (χ1) is 8.93. The molecule has 19 heavy (non-hydrogen) atoms. The number of hydrogen-bond donors (Lipinski definition) is 0. The minimum atomic E-state index is -3.61. The number of sulfonamides is 1. The van der Waals surface area contributed by atoms with E-state index < -0.39 is 10.0 Å². The monoisotopic (exact) mass is 322 g/mol. The van der Waals surface area contributed by atoms with Gasteiger partial charge in [-0.15, -0.1) is 11.3 Å². The van der Waals surface area contributed by atoms with E-state index in [9.17, 15) is 8.42 Å². The minimum absolute atomic E-state index is 0.140. The molecule has 0 spiro atoms. The minimum Gasteiger partial charge on any atom is -0.383 e. The van der Waals surface area contributed by atoms with Crippen molar-refractivity contribution in [2.24, 2.45) is 0 Å². The van der Waals surface area contributed by atoms with Crippen LogP contribution >= 0.6 is 22.9 Å². The van der Waals surface area contributed by atoms with Gasteiger partial charge in [0.2, 0.25) is 0 Å². The highest BCUT2D eigenvalue weighted by molar-refractivity contribution is 7.91. The van der Waals surface area contributed by atoms with E-state index in [1.165, 1.54) is 11.4 Å². The number of aryl methyl sites for hydroxylation is 1. The van der Waals surface area contributed by atoms with Crippen molar-refractivity contribution < 1.29 is 13.2 Å². The van der Waals surface area contributed by atoms with Crippen molar-refractivity contribution in [3.8, 4) is 6.07 Å². The Morgan fingerprint density at radius 2 is 2.21 bits per heavy atom. The van der Waals surface area contributed by atoms with Crippen LogP contribution in [0.15, 0.2) is 10.3 Å². The molecular weight excluding hydrogens is 308 g/mol. The van der Waals surface area contributed by atoms with Gasteiger partial charge in [0.1, 0.15) is 4.21 Å². The van der Waals surface area contributed by atoms with Crippen LogP contribution in [0.2, 0.25) is 4.34 Å². The summed E-state index contributed by atoms with van der Waals surface area (Å²) in [5.74, 6) is 0. The highest BCUT2D eigenvalue weighted by Gasteiger charge is 2.26. The van der Waals surface area contributed by atoms with Crippen LogP contribution in [0.3, 0.4) is 0 Å². The van der Waals surface area contributed by atoms with Crippen LogP contribution in [-0.2, 0) is 14.8 Å². The van der Waals surface area contributed by atoms with Crippen LogP contribution in [0.5, 0.6) is 0 Å². The maximum Gasteiger partial charge on any atom is 0.252 e. The van der Waals surface area contributed by atoms with Gasteiger partial charge in [-0.25, -0.2) is 8.42 Å². The molecule has 1 heterocycles. The Hall–Kier alpha value is -0.650. The highest BCUT2D eigenvalue weighted by atomic mass is 35.5. The number of thiophene rings is 1. The smallest absolute Gasteiger partial charge is 0.252 e. The molecule has 0 saturated heterocycles. The molecule has 8 heteroatoms. The fourth-order valence-corrected chi connectivity index (χ4v) is 4.69. The molecule has 1 aromatic rings. The van der Waals surface area contributed by atoms with E-state index in [0.717, 1.165) is 16.9 Å². The standard InChI is InChI=1S/C11H15ClN2O3S2/c1-9-8-10(18-11(9)12)19(15,16)14(5-3-4-13)6-7-17-2/h8H,3,5-7H2,1-2H3. The summed E-state index contributed by atoms with van der Waals surface area (Å²) in [6.07, 6.45) is 0.140. The predicted octanol–water partition coefficient (Wildman–Crippen LogP) is 2.26. The van der Waals surface area contributed by atoms with E-state index in [1.807, 2.05) is 6.07 Å². The third-order valence-electron chi connectivity index (χ3n) is 2.45. The number of rotatable bonds is 7. The lowest BCUT2D eigenvalue weighted by atomic mass is 10.4. The van der Waals surface area contributed by atoms with Crippen molar-refractivity contribution in [3.05, 3.63) is 16.0 Å². The third kappa shape index (κ3) is 4.16. The van der Waals surface area contributed by atoms with E-state index in [0.29, 0.717) is 4.34 Å². The van der Waals surface area contributed by atoms with Crippen molar-refractivity contribution >= 4 is 33.0 Å². The topological polar surface area (TPSA) is 70.4 Å². The molecule has 0 radical (unpaired) electrons. The van der Waals surface area contributed by atoms with Crippen LogP contribution in [0, 0.1) is 18.3 Å². The van der Waals surface area contributed by atoms with Gasteiger partial charge in [-0.2, -0.15) is 9.57 Å². The zero-order valence-corrected chi connectivity index (χ0v) is 13.1. The molecule has 106 valence electrons. The fraction of sp³-hybridized carbons (Fsp3) is 0.545. The largest absolute Gasteiger partial charge is 0.383 e. The number of halogens is 1. The van der Waals surface area contributed by atoms with Gasteiger partial charge in [0.25, 0.3) is 10.0 Å². The highest BCUT2D eigenvalue weighted by Crippen LogP contribution is 2.31. The second-order valence-electron chi connectivity index (χ2n) is 3.83. The van der Waals surface area contributed by atoms with Crippen LogP contribution < -0.4 is 0 Å². The summed E-state index contributed by atoms with van der Waals surface area (Å²) in [4.78, 5) is 0. The Bertz CT molecular complexity index is 543. The Balaban J connectivity index is 3.01. The first-order valence-corrected chi connectivity index (χ1v) is 8.19. The number of nitrogens with zero attached hydrogens (tertiary/aromatic N) is 2. The van der Waals surface area contributed by atoms with Crippen molar-refractivity contribution in [2.75, 3.05) is 26.8 Å². The molecule has 0 N–H and O–H groups in total. The summed E-state index contributed by atoms with van der Waals surface area (Å²) < 4.78 is 31.7. The van der Waals surface area contributed by atoms with E-state index in [4.69, 9.17) is 21.6 Å². The first kappa shape index (κ1) is 16.4. The van der Waals surface area contributed by atoms with Gasteiger partial charge in [-0.1, -0.05) is 11.6 Å². The Morgan fingerprint density at radius 3 is 2.68 bits per heavy atom. The van der Waals surface area contributed by atoms with Crippen LogP contribution in [0.25, 0.3) is 0 Å². The van der Waals surface area contributed by atoms with Crippen molar-refractivity contribution in [2.45, 2.75) is 17.6 Å². The molecule has 5 nitrogen and oxygen atoms in total. The van der Waals surface area contributed by atoms with Gasteiger partial charge in [-0.3, -0.25) is 0 Å². The lowest BCUT2D eigenvalue weighted by Crippen LogP contribution is -2.34.